The Morgan fingerprint density at radius 1 is 1.40 bits per heavy atom. The molecule has 15 heavy (non-hydrogen) atoms. The van der Waals surface area contributed by atoms with Crippen molar-refractivity contribution in [1.82, 2.24) is 0 Å². The molecule has 1 N–H and O–H groups in total. The lowest BCUT2D eigenvalue weighted by molar-refractivity contribution is -0.136. The van der Waals surface area contributed by atoms with Crippen LogP contribution in [-0.2, 0) is 4.79 Å². The van der Waals surface area contributed by atoms with E-state index >= 15 is 0 Å². The van der Waals surface area contributed by atoms with Gasteiger partial charge >= 0.3 is 5.97 Å². The molecule has 0 bridgehead atoms. The second-order valence-corrected chi connectivity index (χ2v) is 3.96. The van der Waals surface area contributed by atoms with Crippen molar-refractivity contribution < 1.29 is 14.6 Å². The number of alkyl halides is 1. The van der Waals surface area contributed by atoms with Crippen LogP contribution in [0.1, 0.15) is 10.9 Å². The molecule has 0 amide bonds. The van der Waals surface area contributed by atoms with Gasteiger partial charge in [-0.15, -0.1) is 11.6 Å². The molecule has 6 heteroatoms. The summed E-state index contributed by atoms with van der Waals surface area (Å²) in [4.78, 5) is 10.7. The maximum Gasteiger partial charge on any atom is 0.326 e. The van der Waals surface area contributed by atoms with Crippen LogP contribution in [0.15, 0.2) is 12.1 Å². The van der Waals surface area contributed by atoms with Gasteiger partial charge < -0.3 is 9.84 Å². The van der Waals surface area contributed by atoms with Gasteiger partial charge in [-0.05, 0) is 6.07 Å². The van der Waals surface area contributed by atoms with Gasteiger partial charge in [-0.3, -0.25) is 4.79 Å². The molecule has 0 fully saturated rings. The van der Waals surface area contributed by atoms with Crippen molar-refractivity contribution in [3.63, 3.8) is 0 Å². The summed E-state index contributed by atoms with van der Waals surface area (Å²) in [6, 6.07) is 2.81. The number of methoxy groups -OCH3 is 1. The summed E-state index contributed by atoms with van der Waals surface area (Å²) in [6.45, 7) is 0. The van der Waals surface area contributed by atoms with Gasteiger partial charge in [-0.2, -0.15) is 0 Å². The second kappa shape index (κ2) is 4.92. The molecule has 0 saturated heterocycles. The first kappa shape index (κ1) is 12.4. The number of halogens is 3. The fraction of sp³-hybridized carbons (Fsp3) is 0.222. The molecule has 0 aromatic heterocycles. The molecule has 1 unspecified atom stereocenters. The lowest BCUT2D eigenvalue weighted by atomic mass is 10.1. The van der Waals surface area contributed by atoms with Crippen molar-refractivity contribution in [2.75, 3.05) is 7.11 Å². The summed E-state index contributed by atoms with van der Waals surface area (Å²) in [7, 11) is 1.44. The molecule has 1 atom stereocenters. The standard InChI is InChI=1S/C9H7Cl3O3/c1-15-7-3-5(10)4(2-6(7)11)8(12)9(13)14/h2-3,8H,1H3,(H,13,14). The van der Waals surface area contributed by atoms with Crippen LogP contribution in [0, 0.1) is 0 Å². The van der Waals surface area contributed by atoms with Crippen LogP contribution in [-0.4, -0.2) is 18.2 Å². The Bertz CT molecular complexity index is 392. The summed E-state index contributed by atoms with van der Waals surface area (Å²) in [6.07, 6.45) is 0. The van der Waals surface area contributed by atoms with E-state index in [9.17, 15) is 4.79 Å². The second-order valence-electron chi connectivity index (χ2n) is 2.71. The van der Waals surface area contributed by atoms with E-state index < -0.39 is 11.3 Å². The highest BCUT2D eigenvalue weighted by atomic mass is 35.5. The van der Waals surface area contributed by atoms with Crippen molar-refractivity contribution in [2.24, 2.45) is 0 Å². The van der Waals surface area contributed by atoms with Crippen LogP contribution in [0.3, 0.4) is 0 Å². The fourth-order valence-corrected chi connectivity index (χ4v) is 1.78. The molecule has 0 heterocycles. The largest absolute Gasteiger partial charge is 0.495 e. The maximum absolute atomic E-state index is 10.7. The third-order valence-corrected chi connectivity index (χ3v) is 2.81. The molecular formula is C9H7Cl3O3. The number of hydrogen-bond donors (Lipinski definition) is 1. The Morgan fingerprint density at radius 3 is 2.47 bits per heavy atom. The van der Waals surface area contributed by atoms with Crippen LogP contribution in [0.2, 0.25) is 10.0 Å². The average molecular weight is 270 g/mol. The lowest BCUT2D eigenvalue weighted by Gasteiger charge is -2.10. The van der Waals surface area contributed by atoms with Crippen molar-refractivity contribution in [3.8, 4) is 5.75 Å². The van der Waals surface area contributed by atoms with Crippen molar-refractivity contribution in [1.29, 1.82) is 0 Å². The lowest BCUT2D eigenvalue weighted by Crippen LogP contribution is -2.05. The third kappa shape index (κ3) is 2.68. The van der Waals surface area contributed by atoms with Crippen LogP contribution in [0.25, 0.3) is 0 Å². The van der Waals surface area contributed by atoms with E-state index in [0.717, 1.165) is 0 Å². The first-order valence-corrected chi connectivity index (χ1v) is 5.06. The van der Waals surface area contributed by atoms with Gasteiger partial charge in [0.2, 0.25) is 0 Å². The Labute approximate surface area is 102 Å². The summed E-state index contributed by atoms with van der Waals surface area (Å²) in [5.74, 6) is -0.806. The van der Waals surface area contributed by atoms with Crippen molar-refractivity contribution in [2.45, 2.75) is 5.38 Å². The predicted octanol–water partition coefficient (Wildman–Crippen LogP) is 3.37. The molecular weight excluding hydrogens is 262 g/mol. The number of hydrogen-bond acceptors (Lipinski definition) is 2. The molecule has 0 radical (unpaired) electrons. The van der Waals surface area contributed by atoms with Gasteiger partial charge in [0.05, 0.1) is 12.1 Å². The molecule has 0 aliphatic rings. The number of aliphatic carboxylic acids is 1. The minimum Gasteiger partial charge on any atom is -0.495 e. The van der Waals surface area contributed by atoms with Crippen LogP contribution in [0.4, 0.5) is 0 Å². The van der Waals surface area contributed by atoms with Crippen LogP contribution in [0.5, 0.6) is 5.75 Å². The topological polar surface area (TPSA) is 46.5 Å². The highest BCUT2D eigenvalue weighted by Gasteiger charge is 2.21. The monoisotopic (exact) mass is 268 g/mol. The average Bonchev–Trinajstić information content (AvgIpc) is 2.19. The number of carboxylic acid groups (broad SMARTS) is 1. The van der Waals surface area contributed by atoms with E-state index in [1.165, 1.54) is 19.2 Å². The van der Waals surface area contributed by atoms with Gasteiger partial charge in [-0.1, -0.05) is 23.2 Å². The van der Waals surface area contributed by atoms with E-state index in [1.54, 1.807) is 0 Å². The van der Waals surface area contributed by atoms with Crippen molar-refractivity contribution >= 4 is 40.8 Å². The smallest absolute Gasteiger partial charge is 0.326 e. The quantitative estimate of drug-likeness (QED) is 0.856. The summed E-state index contributed by atoms with van der Waals surface area (Å²) < 4.78 is 4.91. The SMILES string of the molecule is COc1cc(Cl)c(C(Cl)C(=O)O)cc1Cl. The first-order chi connectivity index (χ1) is 6.97. The predicted molar refractivity (Wildman–Crippen MR) is 59.2 cm³/mol. The van der Waals surface area contributed by atoms with E-state index in [1.807, 2.05) is 0 Å². The van der Waals surface area contributed by atoms with Gasteiger partial charge in [-0.25, -0.2) is 0 Å². The first-order valence-electron chi connectivity index (χ1n) is 3.87. The minimum absolute atomic E-state index is 0.207. The molecule has 1 aromatic carbocycles. The minimum atomic E-state index is -1.22. The molecule has 0 saturated carbocycles. The van der Waals surface area contributed by atoms with Crippen LogP contribution >= 0.6 is 34.8 Å². The zero-order chi connectivity index (χ0) is 11.6. The van der Waals surface area contributed by atoms with Crippen LogP contribution < -0.4 is 4.74 Å². The summed E-state index contributed by atoms with van der Waals surface area (Å²) >= 11 is 17.3. The highest BCUT2D eigenvalue weighted by molar-refractivity contribution is 6.37. The number of rotatable bonds is 3. The van der Waals surface area contributed by atoms with E-state index in [4.69, 9.17) is 44.6 Å². The van der Waals surface area contributed by atoms with E-state index in [2.05, 4.69) is 0 Å². The number of carbonyl (C=O) groups is 1. The number of benzene rings is 1. The molecule has 0 aliphatic carbocycles. The maximum atomic E-state index is 10.7. The van der Waals surface area contributed by atoms with Gasteiger partial charge in [0.15, 0.2) is 5.38 Å². The Balaban J connectivity index is 3.21. The van der Waals surface area contributed by atoms with Crippen molar-refractivity contribution in [3.05, 3.63) is 27.7 Å². The molecule has 82 valence electrons. The molecule has 0 spiro atoms. The van der Waals surface area contributed by atoms with E-state index in [0.29, 0.717) is 5.75 Å². The number of carboxylic acids is 1. The third-order valence-electron chi connectivity index (χ3n) is 1.76. The summed E-state index contributed by atoms with van der Waals surface area (Å²) in [5, 5.41) is 7.97. The van der Waals surface area contributed by atoms with Gasteiger partial charge in [0.25, 0.3) is 0 Å². The normalized spacial score (nSPS) is 12.3. The zero-order valence-corrected chi connectivity index (χ0v) is 9.90. The Kier molecular flexibility index (Phi) is 4.08. The molecule has 3 nitrogen and oxygen atoms in total. The molecule has 1 aromatic rings. The van der Waals surface area contributed by atoms with Gasteiger partial charge in [0.1, 0.15) is 5.75 Å². The molecule has 1 rings (SSSR count). The molecule has 0 aliphatic heterocycles. The zero-order valence-electron chi connectivity index (χ0n) is 7.63. The Morgan fingerprint density at radius 2 is 2.00 bits per heavy atom. The van der Waals surface area contributed by atoms with Gasteiger partial charge in [0, 0.05) is 16.7 Å². The Hall–Kier alpha value is -0.640. The fourth-order valence-electron chi connectivity index (χ4n) is 1.03. The summed E-state index contributed by atoms with van der Waals surface area (Å²) in [5.41, 5.74) is 0.247. The van der Waals surface area contributed by atoms with E-state index in [-0.39, 0.29) is 15.6 Å². The number of ether oxygens (including phenoxy) is 1. The highest BCUT2D eigenvalue weighted by Crippen LogP contribution is 2.36.